The average molecular weight is 329 g/mol. The van der Waals surface area contributed by atoms with E-state index >= 15 is 0 Å². The summed E-state index contributed by atoms with van der Waals surface area (Å²) in [5, 5.41) is 12.3. The van der Waals surface area contributed by atoms with Crippen LogP contribution in [-0.2, 0) is 31.2 Å². The number of ether oxygens (including phenoxy) is 1. The van der Waals surface area contributed by atoms with Crippen LogP contribution in [0.25, 0.3) is 0 Å². The van der Waals surface area contributed by atoms with E-state index in [9.17, 15) is 4.79 Å². The average Bonchev–Trinajstić information content (AvgIpc) is 3.21. The van der Waals surface area contributed by atoms with Crippen LogP contribution in [-0.4, -0.2) is 38.8 Å². The highest BCUT2D eigenvalue weighted by molar-refractivity contribution is 5.20. The highest BCUT2D eigenvalue weighted by Crippen LogP contribution is 2.21. The molecule has 1 aliphatic heterocycles. The van der Waals surface area contributed by atoms with E-state index in [2.05, 4.69) is 15.5 Å². The number of aromatic nitrogens is 4. The lowest BCUT2D eigenvalue weighted by molar-refractivity contribution is 0.180. The molecule has 2 unspecified atom stereocenters. The van der Waals surface area contributed by atoms with E-state index in [1.807, 2.05) is 19.4 Å². The Hall–Kier alpha value is -1.99. The molecule has 24 heavy (non-hydrogen) atoms. The molecule has 1 saturated heterocycles. The fourth-order valence-corrected chi connectivity index (χ4v) is 3.61. The van der Waals surface area contributed by atoms with E-state index in [0.29, 0.717) is 19.8 Å². The first kappa shape index (κ1) is 15.5. The summed E-state index contributed by atoms with van der Waals surface area (Å²) in [4.78, 5) is 12.5. The Bertz CT molecular complexity index is 782. The molecule has 7 nitrogen and oxygen atoms in total. The van der Waals surface area contributed by atoms with Gasteiger partial charge in [-0.1, -0.05) is 0 Å². The molecule has 0 radical (unpaired) electrons. The van der Waals surface area contributed by atoms with Crippen molar-refractivity contribution in [3.63, 3.8) is 0 Å². The number of fused-ring (bicyclic) bond motifs is 1. The summed E-state index contributed by atoms with van der Waals surface area (Å²) in [5.74, 6) is 0. The van der Waals surface area contributed by atoms with Crippen LogP contribution in [0.4, 0.5) is 0 Å². The molecule has 3 heterocycles. The van der Waals surface area contributed by atoms with Crippen LogP contribution in [0.3, 0.4) is 0 Å². The second-order valence-corrected chi connectivity index (χ2v) is 6.72. The van der Waals surface area contributed by atoms with E-state index in [1.54, 1.807) is 15.4 Å². The summed E-state index contributed by atoms with van der Waals surface area (Å²) in [7, 11) is 1.90. The third kappa shape index (κ3) is 3.01. The van der Waals surface area contributed by atoms with Gasteiger partial charge in [0.25, 0.3) is 5.56 Å². The number of aryl methyl sites for hydroxylation is 3. The Morgan fingerprint density at radius 1 is 1.33 bits per heavy atom. The van der Waals surface area contributed by atoms with Crippen molar-refractivity contribution in [2.24, 2.45) is 7.05 Å². The van der Waals surface area contributed by atoms with E-state index in [1.165, 1.54) is 0 Å². The number of rotatable bonds is 4. The van der Waals surface area contributed by atoms with E-state index < -0.39 is 0 Å². The van der Waals surface area contributed by atoms with Crippen LogP contribution >= 0.6 is 0 Å². The first-order valence-corrected chi connectivity index (χ1v) is 8.61. The summed E-state index contributed by atoms with van der Waals surface area (Å²) in [6, 6.07) is 1.80. The SMILES string of the molecule is Cn1cc(CNC2COCC2n2nc3c(cc2=O)CCCC3)cn1. The molecule has 4 rings (SSSR count). The Labute approximate surface area is 140 Å². The predicted octanol–water partition coefficient (Wildman–Crippen LogP) is 0.585. The molecule has 0 bridgehead atoms. The van der Waals surface area contributed by atoms with Crippen LogP contribution in [0, 0.1) is 0 Å². The molecule has 128 valence electrons. The fraction of sp³-hybridized carbons (Fsp3) is 0.588. The topological polar surface area (TPSA) is 74.0 Å². The number of hydrogen-bond acceptors (Lipinski definition) is 5. The zero-order chi connectivity index (χ0) is 16.5. The minimum Gasteiger partial charge on any atom is -0.377 e. The lowest BCUT2D eigenvalue weighted by atomic mass is 9.97. The van der Waals surface area contributed by atoms with Crippen molar-refractivity contribution < 1.29 is 4.74 Å². The lowest BCUT2D eigenvalue weighted by Gasteiger charge is -2.22. The maximum Gasteiger partial charge on any atom is 0.267 e. The van der Waals surface area contributed by atoms with Gasteiger partial charge in [-0.25, -0.2) is 4.68 Å². The Morgan fingerprint density at radius 3 is 3.04 bits per heavy atom. The Morgan fingerprint density at radius 2 is 2.21 bits per heavy atom. The molecule has 0 aromatic carbocycles. The summed E-state index contributed by atoms with van der Waals surface area (Å²) in [5.41, 5.74) is 3.31. The van der Waals surface area contributed by atoms with Gasteiger partial charge in [-0.05, 0) is 31.2 Å². The van der Waals surface area contributed by atoms with Gasteiger partial charge in [0.2, 0.25) is 0 Å². The summed E-state index contributed by atoms with van der Waals surface area (Å²) in [6.45, 7) is 1.82. The molecule has 1 fully saturated rings. The minimum absolute atomic E-state index is 0.0145. The number of hydrogen-bond donors (Lipinski definition) is 1. The van der Waals surface area contributed by atoms with Crippen LogP contribution in [0.5, 0.6) is 0 Å². The largest absolute Gasteiger partial charge is 0.377 e. The smallest absolute Gasteiger partial charge is 0.267 e. The second-order valence-electron chi connectivity index (χ2n) is 6.72. The number of nitrogens with zero attached hydrogens (tertiary/aromatic N) is 4. The number of nitrogens with one attached hydrogen (secondary N) is 1. The van der Waals surface area contributed by atoms with Crippen molar-refractivity contribution in [3.8, 4) is 0 Å². The molecule has 2 aromatic heterocycles. The van der Waals surface area contributed by atoms with Gasteiger partial charge in [0.15, 0.2) is 0 Å². The maximum atomic E-state index is 12.5. The third-order valence-electron chi connectivity index (χ3n) is 4.92. The van der Waals surface area contributed by atoms with Gasteiger partial charge >= 0.3 is 0 Å². The molecule has 2 atom stereocenters. The normalized spacial score (nSPS) is 23.4. The first-order valence-electron chi connectivity index (χ1n) is 8.61. The first-order chi connectivity index (χ1) is 11.7. The molecular formula is C17H23N5O2. The predicted molar refractivity (Wildman–Crippen MR) is 88.8 cm³/mol. The van der Waals surface area contributed by atoms with E-state index in [4.69, 9.17) is 4.74 Å². The Balaban J connectivity index is 1.53. The van der Waals surface area contributed by atoms with Gasteiger partial charge in [0.05, 0.1) is 37.2 Å². The summed E-state index contributed by atoms with van der Waals surface area (Å²) < 4.78 is 9.06. The van der Waals surface area contributed by atoms with E-state index in [0.717, 1.165) is 42.5 Å². The van der Waals surface area contributed by atoms with E-state index in [-0.39, 0.29) is 17.6 Å². The third-order valence-corrected chi connectivity index (χ3v) is 4.92. The molecule has 2 aromatic rings. The lowest BCUT2D eigenvalue weighted by Crippen LogP contribution is -2.41. The fourth-order valence-electron chi connectivity index (χ4n) is 3.61. The van der Waals surface area contributed by atoms with Crippen molar-refractivity contribution in [2.45, 2.75) is 44.3 Å². The van der Waals surface area contributed by atoms with Crippen molar-refractivity contribution in [1.82, 2.24) is 24.9 Å². The molecular weight excluding hydrogens is 306 g/mol. The summed E-state index contributed by atoms with van der Waals surface area (Å²) >= 11 is 0. The minimum atomic E-state index is -0.0543. The van der Waals surface area contributed by atoms with Gasteiger partial charge in [-0.15, -0.1) is 0 Å². The van der Waals surface area contributed by atoms with Crippen LogP contribution in [0.1, 0.15) is 35.7 Å². The molecule has 1 aliphatic carbocycles. The quantitative estimate of drug-likeness (QED) is 0.888. The van der Waals surface area contributed by atoms with Gasteiger partial charge in [-0.3, -0.25) is 9.48 Å². The van der Waals surface area contributed by atoms with Crippen LogP contribution in [0.2, 0.25) is 0 Å². The monoisotopic (exact) mass is 329 g/mol. The zero-order valence-corrected chi connectivity index (χ0v) is 13.9. The van der Waals surface area contributed by atoms with Crippen molar-refractivity contribution >= 4 is 0 Å². The summed E-state index contributed by atoms with van der Waals surface area (Å²) in [6.07, 6.45) is 8.09. The van der Waals surface area contributed by atoms with Crippen molar-refractivity contribution in [2.75, 3.05) is 13.2 Å². The van der Waals surface area contributed by atoms with Crippen molar-refractivity contribution in [3.05, 3.63) is 45.6 Å². The van der Waals surface area contributed by atoms with Gasteiger partial charge in [0.1, 0.15) is 0 Å². The zero-order valence-electron chi connectivity index (χ0n) is 13.9. The van der Waals surface area contributed by atoms with Gasteiger partial charge in [-0.2, -0.15) is 10.2 Å². The molecule has 1 N–H and O–H groups in total. The standard InChI is InChI=1S/C17H23N5O2/c1-21-9-12(8-19-21)7-18-15-10-24-11-16(15)22-17(23)6-13-4-2-3-5-14(13)20-22/h6,8-9,15-16,18H,2-5,7,10-11H2,1H3. The molecule has 2 aliphatic rings. The Kier molecular flexibility index (Phi) is 4.20. The van der Waals surface area contributed by atoms with Gasteiger partial charge < -0.3 is 10.1 Å². The van der Waals surface area contributed by atoms with Crippen LogP contribution < -0.4 is 10.9 Å². The van der Waals surface area contributed by atoms with Crippen molar-refractivity contribution in [1.29, 1.82) is 0 Å². The highest BCUT2D eigenvalue weighted by Gasteiger charge is 2.31. The van der Waals surface area contributed by atoms with Crippen LogP contribution in [0.15, 0.2) is 23.3 Å². The molecule has 7 heteroatoms. The van der Waals surface area contributed by atoms with Gasteiger partial charge in [0, 0.05) is 31.4 Å². The molecule has 0 amide bonds. The highest BCUT2D eigenvalue weighted by atomic mass is 16.5. The molecule has 0 saturated carbocycles. The maximum absolute atomic E-state index is 12.5. The second kappa shape index (κ2) is 6.49. The molecule has 0 spiro atoms.